The molecule has 32 heavy (non-hydrogen) atoms. The molecule has 0 aromatic heterocycles. The Morgan fingerprint density at radius 1 is 1.16 bits per heavy atom. The van der Waals surface area contributed by atoms with Gasteiger partial charge in [0.2, 0.25) is 5.91 Å². The molecule has 1 amide bonds. The molecular formula is C24H42N6O2. The number of rotatable bonds is 12. The second kappa shape index (κ2) is 14.7. The Morgan fingerprint density at radius 2 is 1.88 bits per heavy atom. The number of para-hydroxylation sites is 1. The molecule has 0 saturated carbocycles. The zero-order valence-electron chi connectivity index (χ0n) is 20.3. The van der Waals surface area contributed by atoms with E-state index in [0.29, 0.717) is 6.04 Å². The number of benzene rings is 1. The molecule has 1 aliphatic rings. The number of methoxy groups -OCH3 is 1. The number of piperidine rings is 1. The lowest BCUT2D eigenvalue weighted by atomic mass is 10.1. The molecule has 1 fully saturated rings. The van der Waals surface area contributed by atoms with Crippen molar-refractivity contribution in [3.63, 3.8) is 0 Å². The fourth-order valence-electron chi connectivity index (χ4n) is 3.70. The third-order valence-electron chi connectivity index (χ3n) is 5.78. The Balaban J connectivity index is 1.80. The summed E-state index contributed by atoms with van der Waals surface area (Å²) in [6, 6.07) is 10.8. The number of anilines is 1. The van der Waals surface area contributed by atoms with Crippen molar-refractivity contribution in [2.75, 3.05) is 79.0 Å². The van der Waals surface area contributed by atoms with Crippen LogP contribution in [0.3, 0.4) is 0 Å². The van der Waals surface area contributed by atoms with Gasteiger partial charge in [0.15, 0.2) is 5.96 Å². The van der Waals surface area contributed by atoms with Gasteiger partial charge >= 0.3 is 0 Å². The van der Waals surface area contributed by atoms with Crippen LogP contribution in [0.25, 0.3) is 0 Å². The summed E-state index contributed by atoms with van der Waals surface area (Å²) in [5.41, 5.74) is 1.22. The monoisotopic (exact) mass is 446 g/mol. The van der Waals surface area contributed by atoms with Crippen molar-refractivity contribution in [2.24, 2.45) is 4.99 Å². The van der Waals surface area contributed by atoms with Gasteiger partial charge in [0.05, 0.1) is 0 Å². The molecule has 0 unspecified atom stereocenters. The molecular weight excluding hydrogens is 404 g/mol. The predicted molar refractivity (Wildman–Crippen MR) is 132 cm³/mol. The van der Waals surface area contributed by atoms with Crippen molar-refractivity contribution >= 4 is 17.6 Å². The van der Waals surface area contributed by atoms with E-state index < -0.39 is 0 Å². The number of nitrogens with zero attached hydrogens (tertiary/aromatic N) is 4. The number of likely N-dealkylation sites (tertiary alicyclic amines) is 1. The van der Waals surface area contributed by atoms with E-state index in [2.05, 4.69) is 56.7 Å². The van der Waals surface area contributed by atoms with Crippen LogP contribution in [0.4, 0.5) is 5.69 Å². The average Bonchev–Trinajstić information content (AvgIpc) is 2.81. The SMILES string of the molecule is COCCCN1CCC(NC(=NCC(=O)N(C)C)NCCCN(C)c2ccccc2)CC1. The van der Waals surface area contributed by atoms with Gasteiger partial charge < -0.3 is 30.1 Å². The first-order valence-electron chi connectivity index (χ1n) is 11.7. The van der Waals surface area contributed by atoms with Gasteiger partial charge in [-0.3, -0.25) is 4.79 Å². The minimum absolute atomic E-state index is 0.00266. The van der Waals surface area contributed by atoms with Crippen LogP contribution < -0.4 is 15.5 Å². The Kier molecular flexibility index (Phi) is 11.9. The summed E-state index contributed by atoms with van der Waals surface area (Å²) in [7, 11) is 7.39. The van der Waals surface area contributed by atoms with E-state index in [1.807, 2.05) is 6.07 Å². The normalized spacial score (nSPS) is 15.4. The highest BCUT2D eigenvalue weighted by Gasteiger charge is 2.20. The molecule has 1 saturated heterocycles. The molecule has 180 valence electrons. The maximum Gasteiger partial charge on any atom is 0.243 e. The molecule has 1 aromatic carbocycles. The summed E-state index contributed by atoms with van der Waals surface area (Å²) in [6.07, 6.45) is 4.21. The van der Waals surface area contributed by atoms with Crippen LogP contribution in [-0.4, -0.2) is 102 Å². The van der Waals surface area contributed by atoms with Crippen LogP contribution in [0.2, 0.25) is 0 Å². The Labute approximate surface area is 194 Å². The fourth-order valence-corrected chi connectivity index (χ4v) is 3.70. The first-order valence-corrected chi connectivity index (χ1v) is 11.7. The standard InChI is InChI=1S/C24H42N6O2/c1-28(2)23(31)20-26-24(25-14-8-15-29(3)22-10-6-5-7-11-22)27-21-12-17-30(18-13-21)16-9-19-32-4/h5-7,10-11,21H,8-9,12-20H2,1-4H3,(H2,25,26,27). The van der Waals surface area contributed by atoms with Crippen LogP contribution >= 0.6 is 0 Å². The van der Waals surface area contributed by atoms with E-state index in [0.717, 1.165) is 71.0 Å². The van der Waals surface area contributed by atoms with Crippen molar-refractivity contribution in [1.29, 1.82) is 0 Å². The number of hydrogen-bond donors (Lipinski definition) is 2. The van der Waals surface area contributed by atoms with Gasteiger partial charge in [0, 0.05) is 79.3 Å². The number of carbonyl (C=O) groups excluding carboxylic acids is 1. The number of hydrogen-bond acceptors (Lipinski definition) is 5. The summed E-state index contributed by atoms with van der Waals surface area (Å²) >= 11 is 0. The zero-order chi connectivity index (χ0) is 23.2. The van der Waals surface area contributed by atoms with E-state index in [-0.39, 0.29) is 12.5 Å². The predicted octanol–water partition coefficient (Wildman–Crippen LogP) is 1.64. The maximum absolute atomic E-state index is 12.0. The molecule has 0 spiro atoms. The number of carbonyl (C=O) groups is 1. The van der Waals surface area contributed by atoms with E-state index in [4.69, 9.17) is 4.74 Å². The van der Waals surface area contributed by atoms with Crippen LogP contribution in [0, 0.1) is 0 Å². The first kappa shape index (κ1) is 25.9. The van der Waals surface area contributed by atoms with Crippen molar-refractivity contribution in [1.82, 2.24) is 20.4 Å². The van der Waals surface area contributed by atoms with Crippen LogP contribution in [0.5, 0.6) is 0 Å². The number of guanidine groups is 1. The topological polar surface area (TPSA) is 72.4 Å². The zero-order valence-corrected chi connectivity index (χ0v) is 20.3. The third kappa shape index (κ3) is 9.87. The lowest BCUT2D eigenvalue weighted by Crippen LogP contribution is -2.49. The quantitative estimate of drug-likeness (QED) is 0.289. The van der Waals surface area contributed by atoms with E-state index >= 15 is 0 Å². The highest BCUT2D eigenvalue weighted by Crippen LogP contribution is 2.12. The van der Waals surface area contributed by atoms with Crippen molar-refractivity contribution in [2.45, 2.75) is 31.7 Å². The summed E-state index contributed by atoms with van der Waals surface area (Å²) < 4.78 is 5.16. The molecule has 1 aromatic rings. The Bertz CT molecular complexity index is 674. The first-order chi connectivity index (χ1) is 15.5. The summed E-state index contributed by atoms with van der Waals surface area (Å²) in [4.78, 5) is 22.9. The largest absolute Gasteiger partial charge is 0.385 e. The molecule has 0 bridgehead atoms. The number of likely N-dealkylation sites (N-methyl/N-ethyl adjacent to an activating group) is 1. The minimum atomic E-state index is 0.00266. The van der Waals surface area contributed by atoms with E-state index in [1.54, 1.807) is 26.1 Å². The molecule has 1 heterocycles. The van der Waals surface area contributed by atoms with Crippen molar-refractivity contribution < 1.29 is 9.53 Å². The number of amides is 1. The summed E-state index contributed by atoms with van der Waals surface area (Å²) in [5, 5.41) is 6.99. The lowest BCUT2D eigenvalue weighted by Gasteiger charge is -2.33. The highest BCUT2D eigenvalue weighted by atomic mass is 16.5. The van der Waals surface area contributed by atoms with Crippen LogP contribution in [0.15, 0.2) is 35.3 Å². The van der Waals surface area contributed by atoms with Gasteiger partial charge in [-0.1, -0.05) is 18.2 Å². The summed E-state index contributed by atoms with van der Waals surface area (Å²) in [6.45, 7) is 5.96. The van der Waals surface area contributed by atoms with Gasteiger partial charge in [-0.15, -0.1) is 0 Å². The second-order valence-corrected chi connectivity index (χ2v) is 8.60. The van der Waals surface area contributed by atoms with Crippen molar-refractivity contribution in [3.8, 4) is 0 Å². The lowest BCUT2D eigenvalue weighted by molar-refractivity contribution is -0.127. The molecule has 2 N–H and O–H groups in total. The minimum Gasteiger partial charge on any atom is -0.385 e. The Morgan fingerprint density at radius 3 is 2.53 bits per heavy atom. The van der Waals surface area contributed by atoms with Crippen molar-refractivity contribution in [3.05, 3.63) is 30.3 Å². The van der Waals surface area contributed by atoms with Gasteiger partial charge in [0.25, 0.3) is 0 Å². The Hall–Kier alpha value is -2.32. The molecule has 0 radical (unpaired) electrons. The highest BCUT2D eigenvalue weighted by molar-refractivity contribution is 5.84. The molecule has 0 atom stereocenters. The smallest absolute Gasteiger partial charge is 0.243 e. The number of ether oxygens (including phenoxy) is 1. The molecule has 0 aliphatic carbocycles. The fraction of sp³-hybridized carbons (Fsp3) is 0.667. The number of nitrogens with one attached hydrogen (secondary N) is 2. The third-order valence-corrected chi connectivity index (χ3v) is 5.78. The molecule has 8 heteroatoms. The van der Waals surface area contributed by atoms with Gasteiger partial charge in [0.1, 0.15) is 6.54 Å². The van der Waals surface area contributed by atoms with Gasteiger partial charge in [-0.05, 0) is 37.8 Å². The second-order valence-electron chi connectivity index (χ2n) is 8.60. The van der Waals surface area contributed by atoms with Crippen LogP contribution in [0.1, 0.15) is 25.7 Å². The average molecular weight is 447 g/mol. The van der Waals surface area contributed by atoms with E-state index in [9.17, 15) is 4.79 Å². The number of aliphatic imine (C=N–C) groups is 1. The van der Waals surface area contributed by atoms with Gasteiger partial charge in [-0.25, -0.2) is 4.99 Å². The van der Waals surface area contributed by atoms with Crippen LogP contribution in [-0.2, 0) is 9.53 Å². The molecule has 1 aliphatic heterocycles. The molecule has 2 rings (SSSR count). The van der Waals surface area contributed by atoms with Gasteiger partial charge in [-0.2, -0.15) is 0 Å². The maximum atomic E-state index is 12.0. The van der Waals surface area contributed by atoms with E-state index in [1.165, 1.54) is 5.69 Å². The summed E-state index contributed by atoms with van der Waals surface area (Å²) in [5.74, 6) is 0.739. The molecule has 8 nitrogen and oxygen atoms in total.